The molecule has 1 aliphatic heterocycles. The minimum atomic E-state index is -0.407. The first kappa shape index (κ1) is 18.6. The van der Waals surface area contributed by atoms with Crippen molar-refractivity contribution in [2.75, 3.05) is 13.1 Å². The van der Waals surface area contributed by atoms with Gasteiger partial charge < -0.3 is 15.0 Å². The van der Waals surface area contributed by atoms with Gasteiger partial charge in [0, 0.05) is 18.6 Å². The van der Waals surface area contributed by atoms with Crippen molar-refractivity contribution in [1.29, 1.82) is 0 Å². The van der Waals surface area contributed by atoms with Gasteiger partial charge in [0.2, 0.25) is 0 Å². The van der Waals surface area contributed by atoms with Gasteiger partial charge in [0.25, 0.3) is 0 Å². The Morgan fingerprint density at radius 1 is 1.26 bits per heavy atom. The highest BCUT2D eigenvalue weighted by atomic mass is 16.6. The summed E-state index contributed by atoms with van der Waals surface area (Å²) in [7, 11) is 0. The summed E-state index contributed by atoms with van der Waals surface area (Å²) in [5.41, 5.74) is 0.0714. The van der Waals surface area contributed by atoms with Crippen LogP contribution >= 0.6 is 0 Å². The van der Waals surface area contributed by atoms with Gasteiger partial charge >= 0.3 is 6.09 Å². The zero-order valence-electron chi connectivity index (χ0n) is 15.8. The minimum absolute atomic E-state index is 0.140. The molecule has 1 aliphatic carbocycles. The molecule has 2 rings (SSSR count). The summed E-state index contributed by atoms with van der Waals surface area (Å²) in [5.74, 6) is 0. The molecule has 2 aliphatic rings. The van der Waals surface area contributed by atoms with Crippen molar-refractivity contribution in [3.05, 3.63) is 0 Å². The van der Waals surface area contributed by atoms with Crippen molar-refractivity contribution in [3.63, 3.8) is 0 Å². The Morgan fingerprint density at radius 3 is 2.65 bits per heavy atom. The van der Waals surface area contributed by atoms with Gasteiger partial charge in [-0.05, 0) is 71.3 Å². The molecule has 2 atom stereocenters. The zero-order chi connectivity index (χ0) is 17.1. The predicted molar refractivity (Wildman–Crippen MR) is 94.6 cm³/mol. The summed E-state index contributed by atoms with van der Waals surface area (Å²) in [6.45, 7) is 12.4. The lowest BCUT2D eigenvalue weighted by Crippen LogP contribution is -2.42. The third-order valence-electron chi connectivity index (χ3n) is 5.12. The van der Waals surface area contributed by atoms with E-state index in [1.807, 2.05) is 25.7 Å². The summed E-state index contributed by atoms with van der Waals surface area (Å²) in [4.78, 5) is 14.2. The molecule has 23 heavy (non-hydrogen) atoms. The fraction of sp³-hybridized carbons (Fsp3) is 0.947. The number of likely N-dealkylation sites (tertiary alicyclic amines) is 1. The van der Waals surface area contributed by atoms with Crippen LogP contribution in [0.2, 0.25) is 0 Å². The third-order valence-corrected chi connectivity index (χ3v) is 5.12. The molecule has 134 valence electrons. The lowest BCUT2D eigenvalue weighted by atomic mass is 9.75. The Hall–Kier alpha value is -0.770. The second-order valence-electron chi connectivity index (χ2n) is 9.17. The number of rotatable bonds is 4. The van der Waals surface area contributed by atoms with E-state index < -0.39 is 5.60 Å². The van der Waals surface area contributed by atoms with Crippen LogP contribution in [0.15, 0.2) is 0 Å². The van der Waals surface area contributed by atoms with Crippen molar-refractivity contribution < 1.29 is 9.53 Å². The first-order valence-electron chi connectivity index (χ1n) is 9.39. The van der Waals surface area contributed by atoms with Gasteiger partial charge in [0.15, 0.2) is 0 Å². The molecule has 1 heterocycles. The van der Waals surface area contributed by atoms with Gasteiger partial charge in [-0.15, -0.1) is 0 Å². The smallest absolute Gasteiger partial charge is 0.410 e. The first-order chi connectivity index (χ1) is 10.7. The maximum atomic E-state index is 12.3. The highest BCUT2D eigenvalue weighted by molar-refractivity contribution is 5.68. The predicted octanol–water partition coefficient (Wildman–Crippen LogP) is 4.33. The van der Waals surface area contributed by atoms with Crippen LogP contribution in [0.5, 0.6) is 0 Å². The van der Waals surface area contributed by atoms with Crippen LogP contribution in [0.3, 0.4) is 0 Å². The van der Waals surface area contributed by atoms with Crippen LogP contribution < -0.4 is 5.32 Å². The van der Waals surface area contributed by atoms with E-state index in [2.05, 4.69) is 19.2 Å². The Kier molecular flexibility index (Phi) is 5.99. The minimum Gasteiger partial charge on any atom is -0.444 e. The number of ether oxygens (including phenoxy) is 1. The van der Waals surface area contributed by atoms with Crippen LogP contribution in [0.1, 0.15) is 79.6 Å². The van der Waals surface area contributed by atoms with E-state index in [1.54, 1.807) is 0 Å². The van der Waals surface area contributed by atoms with Crippen LogP contribution in [-0.2, 0) is 4.74 Å². The Morgan fingerprint density at radius 2 is 2.00 bits per heavy atom. The molecule has 4 nitrogen and oxygen atoms in total. The van der Waals surface area contributed by atoms with E-state index in [1.165, 1.54) is 25.7 Å². The standard InChI is InChI=1S/C19H36N2O2/c1-18(2,3)23-17(22)21-13-7-9-16(21)10-12-20-15-8-6-11-19(4,5)14-15/h15-16,20H,6-14H2,1-5H3. The number of carbonyl (C=O) groups excluding carboxylic acids is 1. The largest absolute Gasteiger partial charge is 0.444 e. The monoisotopic (exact) mass is 324 g/mol. The average Bonchev–Trinajstić information content (AvgIpc) is 2.84. The number of amides is 1. The van der Waals surface area contributed by atoms with Gasteiger partial charge in [-0.2, -0.15) is 0 Å². The Balaban J connectivity index is 1.75. The summed E-state index contributed by atoms with van der Waals surface area (Å²) < 4.78 is 5.54. The average molecular weight is 325 g/mol. The molecule has 1 saturated heterocycles. The van der Waals surface area contributed by atoms with E-state index >= 15 is 0 Å². The molecule has 4 heteroatoms. The second kappa shape index (κ2) is 7.42. The third kappa shape index (κ3) is 5.98. The molecule has 1 saturated carbocycles. The van der Waals surface area contributed by atoms with E-state index in [9.17, 15) is 4.79 Å². The topological polar surface area (TPSA) is 41.6 Å². The highest BCUT2D eigenvalue weighted by Crippen LogP contribution is 2.35. The molecular weight excluding hydrogens is 288 g/mol. The van der Waals surface area contributed by atoms with Crippen molar-refractivity contribution in [2.24, 2.45) is 5.41 Å². The summed E-state index contributed by atoms with van der Waals surface area (Å²) in [6, 6.07) is 0.990. The van der Waals surface area contributed by atoms with Gasteiger partial charge in [-0.3, -0.25) is 0 Å². The number of nitrogens with one attached hydrogen (secondary N) is 1. The number of hydrogen-bond donors (Lipinski definition) is 1. The van der Waals surface area contributed by atoms with E-state index in [0.717, 1.165) is 32.4 Å². The SMILES string of the molecule is CC1(C)CCCC(NCCC2CCCN2C(=O)OC(C)(C)C)C1. The van der Waals surface area contributed by atoms with Gasteiger partial charge in [-0.1, -0.05) is 20.3 Å². The summed E-state index contributed by atoms with van der Waals surface area (Å²) >= 11 is 0. The van der Waals surface area contributed by atoms with Gasteiger partial charge in [0.05, 0.1) is 0 Å². The summed E-state index contributed by atoms with van der Waals surface area (Å²) in [6.07, 6.45) is 8.35. The Labute approximate surface area is 142 Å². The number of carbonyl (C=O) groups is 1. The van der Waals surface area contributed by atoms with Crippen LogP contribution in [-0.4, -0.2) is 41.8 Å². The molecule has 0 spiro atoms. The van der Waals surface area contributed by atoms with Gasteiger partial charge in [0.1, 0.15) is 5.60 Å². The molecule has 0 radical (unpaired) electrons. The first-order valence-corrected chi connectivity index (χ1v) is 9.39. The normalized spacial score (nSPS) is 28.0. The molecule has 2 fully saturated rings. The molecule has 1 amide bonds. The maximum absolute atomic E-state index is 12.3. The van der Waals surface area contributed by atoms with E-state index in [-0.39, 0.29) is 6.09 Å². The Bertz CT molecular complexity index is 401. The number of hydrogen-bond acceptors (Lipinski definition) is 3. The quantitative estimate of drug-likeness (QED) is 0.836. The van der Waals surface area contributed by atoms with Crippen LogP contribution in [0.25, 0.3) is 0 Å². The lowest BCUT2D eigenvalue weighted by molar-refractivity contribution is 0.0220. The van der Waals surface area contributed by atoms with Crippen molar-refractivity contribution >= 4 is 6.09 Å². The van der Waals surface area contributed by atoms with Crippen molar-refractivity contribution in [2.45, 2.75) is 97.2 Å². The maximum Gasteiger partial charge on any atom is 0.410 e. The van der Waals surface area contributed by atoms with E-state index in [0.29, 0.717) is 17.5 Å². The molecule has 0 aromatic heterocycles. The molecular formula is C19H36N2O2. The second-order valence-corrected chi connectivity index (χ2v) is 9.17. The van der Waals surface area contributed by atoms with Crippen molar-refractivity contribution in [1.82, 2.24) is 10.2 Å². The molecule has 2 unspecified atom stereocenters. The molecule has 0 aromatic carbocycles. The lowest BCUT2D eigenvalue weighted by Gasteiger charge is -2.36. The fourth-order valence-corrected chi connectivity index (χ4v) is 4.02. The zero-order valence-corrected chi connectivity index (χ0v) is 15.8. The van der Waals surface area contributed by atoms with Crippen LogP contribution in [0.4, 0.5) is 4.79 Å². The van der Waals surface area contributed by atoms with Crippen molar-refractivity contribution in [3.8, 4) is 0 Å². The summed E-state index contributed by atoms with van der Waals surface area (Å²) in [5, 5.41) is 3.73. The fourth-order valence-electron chi connectivity index (χ4n) is 4.02. The van der Waals surface area contributed by atoms with Gasteiger partial charge in [-0.25, -0.2) is 4.79 Å². The molecule has 1 N–H and O–H groups in total. The number of nitrogens with zero attached hydrogens (tertiary/aromatic N) is 1. The van der Waals surface area contributed by atoms with E-state index in [4.69, 9.17) is 4.74 Å². The molecule has 0 aromatic rings. The molecule has 0 bridgehead atoms. The highest BCUT2D eigenvalue weighted by Gasteiger charge is 2.32. The van der Waals surface area contributed by atoms with Crippen LogP contribution in [0, 0.1) is 5.41 Å².